The van der Waals surface area contributed by atoms with Crippen LogP contribution >= 0.6 is 11.3 Å². The normalized spacial score (nSPS) is 16.3. The topological polar surface area (TPSA) is 114 Å². The Bertz CT molecular complexity index is 1790. The van der Waals surface area contributed by atoms with Gasteiger partial charge in [0.2, 0.25) is 10.0 Å². The Balaban J connectivity index is 1.61. The minimum Gasteiger partial charge on any atom is -0.395 e. The third kappa shape index (κ3) is 5.67. The number of pyridine rings is 1. The molecule has 0 spiro atoms. The van der Waals surface area contributed by atoms with Crippen LogP contribution in [0.5, 0.6) is 0 Å². The second-order valence-electron chi connectivity index (χ2n) is 10.6. The molecule has 2 aromatic carbocycles. The van der Waals surface area contributed by atoms with E-state index >= 15 is 4.39 Å². The fourth-order valence-corrected chi connectivity index (χ4v) is 7.07. The predicted octanol–water partition coefficient (Wildman–Crippen LogP) is 4.84. The highest BCUT2D eigenvalue weighted by atomic mass is 32.2. The zero-order valence-electron chi connectivity index (χ0n) is 23.5. The molecule has 9 nitrogen and oxygen atoms in total. The van der Waals surface area contributed by atoms with Crippen LogP contribution in [0.3, 0.4) is 0 Å². The van der Waals surface area contributed by atoms with Crippen molar-refractivity contribution in [1.29, 1.82) is 5.26 Å². The van der Waals surface area contributed by atoms with Gasteiger partial charge in [0, 0.05) is 49.0 Å². The lowest BCUT2D eigenvalue weighted by atomic mass is 10.0. The zero-order chi connectivity index (χ0) is 30.3. The summed E-state index contributed by atoms with van der Waals surface area (Å²) < 4.78 is 55.0. The van der Waals surface area contributed by atoms with E-state index in [1.165, 1.54) is 33.8 Å². The van der Waals surface area contributed by atoms with Gasteiger partial charge >= 0.3 is 0 Å². The quantitative estimate of drug-likeness (QED) is 0.316. The maximum atomic E-state index is 15.8. The van der Waals surface area contributed by atoms with Crippen LogP contribution in [-0.4, -0.2) is 73.4 Å². The Labute approximate surface area is 247 Å². The first-order valence-electron chi connectivity index (χ1n) is 13.3. The van der Waals surface area contributed by atoms with Gasteiger partial charge in [-0.15, -0.1) is 0 Å². The number of aliphatic hydroxyl groups is 1. The molecule has 1 aliphatic heterocycles. The van der Waals surface area contributed by atoms with Crippen molar-refractivity contribution in [2.24, 2.45) is 0 Å². The number of thiazole rings is 1. The molecule has 220 valence electrons. The third-order valence-electron chi connectivity index (χ3n) is 7.36. The van der Waals surface area contributed by atoms with E-state index in [-0.39, 0.29) is 31.1 Å². The van der Waals surface area contributed by atoms with Gasteiger partial charge in [0.25, 0.3) is 0 Å². The first-order chi connectivity index (χ1) is 19.9. The Kier molecular flexibility index (Phi) is 8.17. The molecule has 1 aliphatic rings. The van der Waals surface area contributed by atoms with Crippen molar-refractivity contribution in [2.75, 3.05) is 49.3 Å². The molecular weight excluding hydrogens is 582 g/mol. The highest BCUT2D eigenvalue weighted by Crippen LogP contribution is 2.40. The van der Waals surface area contributed by atoms with Crippen LogP contribution in [0, 0.1) is 23.0 Å². The second kappa shape index (κ2) is 11.5. The zero-order valence-corrected chi connectivity index (χ0v) is 25.2. The highest BCUT2D eigenvalue weighted by Gasteiger charge is 2.33. The molecule has 1 saturated heterocycles. The molecule has 4 aromatic rings. The maximum Gasteiger partial charge on any atom is 0.211 e. The molecule has 0 aliphatic carbocycles. The van der Waals surface area contributed by atoms with Crippen LogP contribution in [0.4, 0.5) is 25.3 Å². The van der Waals surface area contributed by atoms with E-state index in [1.54, 1.807) is 24.1 Å². The highest BCUT2D eigenvalue weighted by molar-refractivity contribution is 7.88. The molecule has 42 heavy (non-hydrogen) atoms. The summed E-state index contributed by atoms with van der Waals surface area (Å²) in [4.78, 5) is 13.3. The second-order valence-corrected chi connectivity index (χ2v) is 13.5. The average Bonchev–Trinajstić information content (AvgIpc) is 3.40. The van der Waals surface area contributed by atoms with Gasteiger partial charge in [-0.3, -0.25) is 0 Å². The average molecular weight is 613 g/mol. The molecule has 1 atom stereocenters. The number of hydrogen-bond acceptors (Lipinski definition) is 9. The largest absolute Gasteiger partial charge is 0.395 e. The van der Waals surface area contributed by atoms with Gasteiger partial charge in [0.1, 0.15) is 28.0 Å². The molecule has 2 aromatic heterocycles. The van der Waals surface area contributed by atoms with Gasteiger partial charge < -0.3 is 14.9 Å². The summed E-state index contributed by atoms with van der Waals surface area (Å²) >= 11 is 1.17. The van der Waals surface area contributed by atoms with Gasteiger partial charge in [0.05, 0.1) is 24.6 Å². The molecule has 1 fully saturated rings. The van der Waals surface area contributed by atoms with Gasteiger partial charge in [-0.2, -0.15) is 9.57 Å². The number of aromatic nitrogens is 2. The first kappa shape index (κ1) is 29.8. The molecule has 1 N–H and O–H groups in total. The molecule has 0 bridgehead atoms. The third-order valence-corrected chi connectivity index (χ3v) is 9.72. The summed E-state index contributed by atoms with van der Waals surface area (Å²) in [5, 5.41) is 20.7. The summed E-state index contributed by atoms with van der Waals surface area (Å²) in [6.45, 7) is 4.22. The van der Waals surface area contributed by atoms with Crippen molar-refractivity contribution in [2.45, 2.75) is 25.8 Å². The Morgan fingerprint density at radius 2 is 1.88 bits per heavy atom. The van der Waals surface area contributed by atoms with Gasteiger partial charge in [-0.05, 0) is 48.4 Å². The predicted molar refractivity (Wildman–Crippen MR) is 161 cm³/mol. The number of rotatable bonds is 7. The molecule has 13 heteroatoms. The van der Waals surface area contributed by atoms with E-state index in [0.29, 0.717) is 50.3 Å². The number of hydrogen-bond donors (Lipinski definition) is 1. The van der Waals surface area contributed by atoms with Gasteiger partial charge in [0.15, 0.2) is 10.9 Å². The summed E-state index contributed by atoms with van der Waals surface area (Å²) in [6, 6.07) is 12.3. The summed E-state index contributed by atoms with van der Waals surface area (Å²) in [5.74, 6) is -0.930. The maximum absolute atomic E-state index is 15.8. The number of sulfonamides is 1. The fourth-order valence-electron chi connectivity index (χ4n) is 5.12. The number of nitrogens with zero attached hydrogens (tertiary/aromatic N) is 6. The van der Waals surface area contributed by atoms with Crippen LogP contribution in [0.2, 0.25) is 0 Å². The van der Waals surface area contributed by atoms with Crippen molar-refractivity contribution in [1.82, 2.24) is 14.3 Å². The number of anilines is 3. The van der Waals surface area contributed by atoms with Crippen LogP contribution in [0.1, 0.15) is 30.3 Å². The molecule has 0 amide bonds. The number of benzene rings is 2. The Hall–Kier alpha value is -3.70. The van der Waals surface area contributed by atoms with Crippen molar-refractivity contribution in [3.63, 3.8) is 0 Å². The minimum atomic E-state index is -3.51. The molecule has 5 rings (SSSR count). The smallest absolute Gasteiger partial charge is 0.211 e. The summed E-state index contributed by atoms with van der Waals surface area (Å²) in [6.07, 6.45) is 1.11. The lowest BCUT2D eigenvalue weighted by molar-refractivity contribution is 0.176. The van der Waals surface area contributed by atoms with E-state index in [4.69, 9.17) is 4.98 Å². The molecule has 3 heterocycles. The van der Waals surface area contributed by atoms with Gasteiger partial charge in [-0.25, -0.2) is 27.2 Å². The summed E-state index contributed by atoms with van der Waals surface area (Å²) in [7, 11) is -1.73. The number of piperazine rings is 1. The Morgan fingerprint density at radius 1 is 1.17 bits per heavy atom. The minimum absolute atomic E-state index is 0.00394. The standard InChI is InChI=1S/C29H30F2N6O3S2/c1-17(2)24-13-25(35(3)29-34-27(26(14-32)41-29)18-5-7-19(30)8-6-18)22-11-20(12-23(31)28(22)33-24)36-9-10-37(42(4,39)40)21(15-36)16-38/h5-8,11-13,17,21,38H,9-10,15-16H2,1-4H3. The monoisotopic (exact) mass is 612 g/mol. The van der Waals surface area contributed by atoms with Crippen molar-refractivity contribution >= 4 is 48.8 Å². The van der Waals surface area contributed by atoms with E-state index in [0.717, 1.165) is 6.26 Å². The SMILES string of the molecule is CC(C)c1cc(N(C)c2nc(-c3ccc(F)cc3)c(C#N)s2)c2cc(N3CCN(S(C)(=O)=O)C(CO)C3)cc(F)c2n1. The van der Waals surface area contributed by atoms with E-state index in [9.17, 15) is 23.2 Å². The number of fused-ring (bicyclic) bond motifs is 1. The van der Waals surface area contributed by atoms with Crippen LogP contribution in [0.15, 0.2) is 42.5 Å². The van der Waals surface area contributed by atoms with Crippen molar-refractivity contribution in [3.8, 4) is 17.3 Å². The van der Waals surface area contributed by atoms with E-state index in [1.807, 2.05) is 30.9 Å². The van der Waals surface area contributed by atoms with E-state index in [2.05, 4.69) is 11.1 Å². The number of aliphatic hydroxyl groups excluding tert-OH is 1. The Morgan fingerprint density at radius 3 is 2.50 bits per heavy atom. The van der Waals surface area contributed by atoms with Crippen LogP contribution in [0.25, 0.3) is 22.2 Å². The lowest BCUT2D eigenvalue weighted by Gasteiger charge is -2.40. The fraction of sp³-hybridized carbons (Fsp3) is 0.345. The molecule has 0 radical (unpaired) electrons. The van der Waals surface area contributed by atoms with Crippen LogP contribution < -0.4 is 9.80 Å². The van der Waals surface area contributed by atoms with E-state index < -0.39 is 27.7 Å². The van der Waals surface area contributed by atoms with Crippen molar-refractivity contribution in [3.05, 3.63) is 64.7 Å². The lowest BCUT2D eigenvalue weighted by Crippen LogP contribution is -2.56. The summed E-state index contributed by atoms with van der Waals surface area (Å²) in [5.41, 5.74) is 3.04. The number of halogens is 2. The van der Waals surface area contributed by atoms with Crippen LogP contribution in [-0.2, 0) is 10.0 Å². The molecule has 1 unspecified atom stereocenters. The van der Waals surface area contributed by atoms with Gasteiger partial charge in [-0.1, -0.05) is 25.2 Å². The molecule has 0 saturated carbocycles. The molecular formula is C29H30F2N6O3S2. The number of nitriles is 1. The first-order valence-corrected chi connectivity index (χ1v) is 15.9. The van der Waals surface area contributed by atoms with Crippen molar-refractivity contribution < 1.29 is 22.3 Å².